The minimum Gasteiger partial charge on any atom is -0.454 e. The summed E-state index contributed by atoms with van der Waals surface area (Å²) in [5, 5.41) is 4.85. The molecular formula is C126H130B2N6OS. The quantitative estimate of drug-likeness (QED) is 0.119. The van der Waals surface area contributed by atoms with Gasteiger partial charge in [0, 0.05) is 117 Å². The normalized spacial score (nSPS) is 19.7. The van der Waals surface area contributed by atoms with E-state index >= 15 is 0 Å². The van der Waals surface area contributed by atoms with E-state index in [1.54, 1.807) is 5.56 Å². The van der Waals surface area contributed by atoms with Crippen LogP contribution in [0.2, 0.25) is 0 Å². The van der Waals surface area contributed by atoms with Crippen molar-refractivity contribution >= 4 is 191 Å². The maximum absolute atomic E-state index is 7.57. The van der Waals surface area contributed by atoms with Crippen molar-refractivity contribution in [1.29, 1.82) is 0 Å². The molecule has 4 atom stereocenters. The topological polar surface area (TPSA) is 32.6 Å². The number of anilines is 16. The molecule has 8 aliphatic rings. The van der Waals surface area contributed by atoms with Crippen molar-refractivity contribution in [2.75, 3.05) is 29.4 Å². The highest BCUT2D eigenvalue weighted by Crippen LogP contribution is 2.66. The van der Waals surface area contributed by atoms with Crippen LogP contribution in [0.15, 0.2) is 265 Å². The highest BCUT2D eigenvalue weighted by molar-refractivity contribution is 7.26. The van der Waals surface area contributed by atoms with Crippen molar-refractivity contribution in [1.82, 2.24) is 0 Å². The molecule has 2 saturated carbocycles. The third-order valence-corrected chi connectivity index (χ3v) is 35.7. The Morgan fingerprint density at radius 1 is 0.331 bits per heavy atom. The third kappa shape index (κ3) is 12.7. The van der Waals surface area contributed by atoms with Gasteiger partial charge >= 0.3 is 0 Å². The second kappa shape index (κ2) is 29.5. The summed E-state index contributed by atoms with van der Waals surface area (Å²) in [5.41, 5.74) is 43.7. The van der Waals surface area contributed by atoms with Crippen molar-refractivity contribution in [3.8, 4) is 0 Å². The lowest BCUT2D eigenvalue weighted by Gasteiger charge is -2.53. The summed E-state index contributed by atoms with van der Waals surface area (Å²) in [6.45, 7) is 55.4. The number of fused-ring (bicyclic) bond motifs is 20. The first-order valence-corrected chi connectivity index (χ1v) is 51.4. The van der Waals surface area contributed by atoms with Gasteiger partial charge in [0.1, 0.15) is 5.58 Å². The molecule has 0 amide bonds. The van der Waals surface area contributed by atoms with Gasteiger partial charge in [0.25, 0.3) is 13.4 Å². The van der Waals surface area contributed by atoms with E-state index in [4.69, 9.17) is 4.42 Å². The molecule has 2 fully saturated rings. The van der Waals surface area contributed by atoms with Crippen molar-refractivity contribution in [2.45, 2.75) is 271 Å². The van der Waals surface area contributed by atoms with E-state index in [1.165, 1.54) is 186 Å². The van der Waals surface area contributed by atoms with Crippen molar-refractivity contribution in [3.63, 3.8) is 0 Å². The first kappa shape index (κ1) is 86.8. The van der Waals surface area contributed by atoms with E-state index in [9.17, 15) is 0 Å². The maximum atomic E-state index is 7.57. The van der Waals surface area contributed by atoms with Gasteiger partial charge in [0.05, 0.1) is 27.2 Å². The zero-order valence-corrected chi connectivity index (χ0v) is 85.2. The van der Waals surface area contributed by atoms with Crippen LogP contribution in [0.1, 0.15) is 258 Å². The van der Waals surface area contributed by atoms with Crippen LogP contribution in [-0.4, -0.2) is 24.5 Å². The summed E-state index contributed by atoms with van der Waals surface area (Å²) >= 11 is 1.93. The lowest BCUT2D eigenvalue weighted by molar-refractivity contribution is 0.195. The first-order chi connectivity index (χ1) is 64.6. The molecule has 14 aromatic carbocycles. The fraction of sp³-hybridized carbons (Fsp3) is 0.333. The van der Waals surface area contributed by atoms with Gasteiger partial charge < -0.3 is 33.8 Å². The fourth-order valence-corrected chi connectivity index (χ4v) is 27.7. The number of para-hydroxylation sites is 1. The van der Waals surface area contributed by atoms with E-state index in [1.807, 2.05) is 11.3 Å². The molecule has 2 aliphatic carbocycles. The number of hydrogen-bond acceptors (Lipinski definition) is 8. The first-order valence-electron chi connectivity index (χ1n) is 50.6. The monoisotopic (exact) mass is 1800 g/mol. The van der Waals surface area contributed by atoms with Crippen LogP contribution >= 0.6 is 11.3 Å². The Bertz CT molecular complexity index is 7650. The molecule has 6 aliphatic heterocycles. The van der Waals surface area contributed by atoms with Crippen LogP contribution < -0.4 is 62.2 Å². The zero-order chi connectivity index (χ0) is 94.5. The Hall–Kier alpha value is -12.0. The number of aryl methyl sites for hydroxylation is 2. The minimum absolute atomic E-state index is 0.00793. The molecule has 682 valence electrons. The van der Waals surface area contributed by atoms with Crippen molar-refractivity contribution < 1.29 is 4.42 Å². The van der Waals surface area contributed by atoms with Gasteiger partial charge in [-0.15, -0.1) is 11.3 Å². The van der Waals surface area contributed by atoms with Crippen LogP contribution in [0.4, 0.5) is 91.0 Å². The molecule has 0 bridgehead atoms. The number of hydrogen-bond donors (Lipinski definition) is 0. The Morgan fingerprint density at radius 3 is 1.18 bits per heavy atom. The minimum atomic E-state index is -0.283. The molecule has 0 radical (unpaired) electrons. The lowest BCUT2D eigenvalue weighted by atomic mass is 9.33. The smallest absolute Gasteiger partial charge is 0.252 e. The standard InChI is InChI=1S/C126H130B2N6OS/c1-76-64-105-111-107(66-76)133-113-95(123(20)60-26-28-62-125(123,133)22)69-83(120(12,13)14)71-99(113)127(111)97-57-55-89(129(85-47-39-79(40-48-85)117(3,4)5)86-49-41-80(42-50-86)118(6,7)8)73-103(97)131(105)101-35-30-33-92-94-68-78(38-59-109(94)135-115(92)101)75-122(18,19)82-45-53-88(54-46-82)130(87-51-43-81(44-52-87)119(9,10)11)90-56-58-98-104(74-90)132(102-36-31-34-93-91-32-24-25-37-110(91)136-116(93)102)106-65-77(2)67-108-112(106)128(98)100-72-84(121(15,16)17)70-96-114(100)134(108)126(23)63-29-27-61-124(96,126)21/h24-25,30-59,64-74H,26-29,60-63,75H2,1-23H3. The maximum Gasteiger partial charge on any atom is 0.252 e. The van der Waals surface area contributed by atoms with E-state index in [0.29, 0.717) is 0 Å². The molecule has 10 heteroatoms. The van der Waals surface area contributed by atoms with Gasteiger partial charge in [-0.3, -0.25) is 0 Å². The average Bonchev–Trinajstić information content (AvgIpc) is 1.49. The van der Waals surface area contributed by atoms with Crippen LogP contribution in [-0.2, 0) is 49.7 Å². The van der Waals surface area contributed by atoms with Gasteiger partial charge in [-0.1, -0.05) is 291 Å². The Morgan fingerprint density at radius 2 is 0.728 bits per heavy atom. The highest BCUT2D eigenvalue weighted by Gasteiger charge is 2.64. The predicted octanol–water partition coefficient (Wildman–Crippen LogP) is 31.2. The molecular weight excluding hydrogens is 1670 g/mol. The summed E-state index contributed by atoms with van der Waals surface area (Å²) in [7, 11) is 0. The molecule has 136 heavy (non-hydrogen) atoms. The van der Waals surface area contributed by atoms with Gasteiger partial charge in [-0.2, -0.15) is 0 Å². The van der Waals surface area contributed by atoms with Crippen LogP contribution in [0.25, 0.3) is 42.1 Å². The number of benzene rings is 14. The summed E-state index contributed by atoms with van der Waals surface area (Å²) in [5.74, 6) is 0. The van der Waals surface area contributed by atoms with E-state index in [2.05, 4.69) is 449 Å². The van der Waals surface area contributed by atoms with E-state index < -0.39 is 0 Å². The number of furan rings is 1. The molecule has 7 nitrogen and oxygen atoms in total. The van der Waals surface area contributed by atoms with Crippen LogP contribution in [0, 0.1) is 13.8 Å². The Balaban J connectivity index is 0.635. The Kier molecular flexibility index (Phi) is 18.9. The average molecular weight is 1800 g/mol. The zero-order valence-electron chi connectivity index (χ0n) is 84.3. The van der Waals surface area contributed by atoms with Crippen LogP contribution in [0.3, 0.4) is 0 Å². The molecule has 8 heterocycles. The highest BCUT2D eigenvalue weighted by atomic mass is 32.1. The molecule has 0 spiro atoms. The second-order valence-electron chi connectivity index (χ2n) is 48.7. The van der Waals surface area contributed by atoms with Gasteiger partial charge in [0.15, 0.2) is 5.58 Å². The SMILES string of the molecule is Cc1cc2c3c(c1)N1c4c(cc(C(C)(C)C)cc4C4(C)CCCCC14C)B3c1ccc(N(c3ccc(C(C)(C)C)cc3)c3ccc(C(C)(C)C)cc3)cc1N2c1cccc2c1oc1ccc(CC(C)(C)c3ccc(N(c4ccc(C(C)(C)C)cc4)c4ccc5c(c4)N(c4cccc6c4sc4ccccc46)c4cc(C)cc6c4B5c4cc(C(C)(C)C)cc5c4N6C4(C)CCCCC54C)cc3)cc12. The van der Waals surface area contributed by atoms with Gasteiger partial charge in [0.2, 0.25) is 0 Å². The van der Waals surface area contributed by atoms with Crippen LogP contribution in [0.5, 0.6) is 0 Å². The number of rotatable bonds is 11. The van der Waals surface area contributed by atoms with Gasteiger partial charge in [-0.05, 0) is 314 Å². The van der Waals surface area contributed by atoms with Crippen molar-refractivity contribution in [2.24, 2.45) is 0 Å². The second-order valence-corrected chi connectivity index (χ2v) is 49.7. The van der Waals surface area contributed by atoms with Gasteiger partial charge in [-0.25, -0.2) is 0 Å². The number of nitrogens with zero attached hydrogens (tertiary/aromatic N) is 6. The summed E-state index contributed by atoms with van der Waals surface area (Å²) < 4.78 is 10.2. The molecule has 0 N–H and O–H groups in total. The van der Waals surface area contributed by atoms with E-state index in [-0.39, 0.29) is 67.8 Å². The molecule has 2 aromatic heterocycles. The summed E-state index contributed by atoms with van der Waals surface area (Å²) in [6.07, 6.45) is 10.4. The molecule has 16 aromatic rings. The predicted molar refractivity (Wildman–Crippen MR) is 586 cm³/mol. The van der Waals surface area contributed by atoms with E-state index in [0.717, 1.165) is 93.1 Å². The lowest BCUT2D eigenvalue weighted by Crippen LogP contribution is -2.64. The molecule has 24 rings (SSSR count). The summed E-state index contributed by atoms with van der Waals surface area (Å²) in [4.78, 5) is 16.2. The van der Waals surface area contributed by atoms with Crippen molar-refractivity contribution in [3.05, 3.63) is 322 Å². The molecule has 4 unspecified atom stereocenters. The third-order valence-electron chi connectivity index (χ3n) is 34.5. The summed E-state index contributed by atoms with van der Waals surface area (Å²) in [6, 6.07) is 104. The molecule has 0 saturated heterocycles. The Labute approximate surface area is 812 Å². The fourth-order valence-electron chi connectivity index (χ4n) is 26.5. The largest absolute Gasteiger partial charge is 0.454 e. The number of thiophene rings is 1.